The largest absolute Gasteiger partial charge is 0.186 e. The Balaban J connectivity index is 1.85. The molecule has 0 atom stereocenters. The lowest BCUT2D eigenvalue weighted by molar-refractivity contribution is -0.577. The number of aryl methyl sites for hydroxylation is 1. The lowest BCUT2D eigenvalue weighted by Gasteiger charge is -2.03. The van der Waals surface area contributed by atoms with Gasteiger partial charge in [-0.1, -0.05) is 96.5 Å². The number of aromatic nitrogens is 1. The molecule has 0 fully saturated rings. The van der Waals surface area contributed by atoms with Gasteiger partial charge < -0.3 is 0 Å². The molecule has 0 unspecified atom stereocenters. The van der Waals surface area contributed by atoms with Crippen LogP contribution in [0.5, 0.6) is 0 Å². The minimum Gasteiger partial charge on any atom is -0.172 e. The first kappa shape index (κ1) is 20.9. The molecule has 136 valence electrons. The maximum atomic E-state index is 3.87. The van der Waals surface area contributed by atoms with Crippen molar-refractivity contribution in [2.45, 2.75) is 103 Å². The van der Waals surface area contributed by atoms with Crippen LogP contribution in [0, 0.1) is 0 Å². The highest BCUT2D eigenvalue weighted by atomic mass is 14.9. The SMILES string of the molecule is C=C[n+]1ccccc1CCCCCCCCCCCCCCCC. The van der Waals surface area contributed by atoms with Gasteiger partial charge in [0.15, 0.2) is 18.1 Å². The molecular formula is C23H40N+. The second kappa shape index (κ2) is 15.4. The van der Waals surface area contributed by atoms with Crippen LogP contribution in [0.1, 0.15) is 103 Å². The minimum atomic E-state index is 1.17. The first-order chi connectivity index (χ1) is 11.9. The molecular weight excluding hydrogens is 290 g/mol. The molecule has 0 radical (unpaired) electrons. The van der Waals surface area contributed by atoms with Gasteiger partial charge in [0.1, 0.15) is 0 Å². The second-order valence-corrected chi connectivity index (χ2v) is 7.13. The molecule has 1 heteroatoms. The normalized spacial score (nSPS) is 10.9. The van der Waals surface area contributed by atoms with E-state index in [9.17, 15) is 0 Å². The summed E-state index contributed by atoms with van der Waals surface area (Å²) in [6.07, 6.45) is 25.1. The van der Waals surface area contributed by atoms with Crippen molar-refractivity contribution in [3.05, 3.63) is 36.7 Å². The number of hydrogen-bond acceptors (Lipinski definition) is 0. The standard InChI is InChI=1S/C23H40N/c1-3-5-6-7-8-9-10-11-12-13-14-15-16-17-20-23-21-18-19-22-24(23)4-2/h4,18-19,21-22H,2-3,5-17,20H2,1H3/q+1. The molecule has 0 saturated carbocycles. The van der Waals surface area contributed by atoms with Crippen molar-refractivity contribution in [2.75, 3.05) is 0 Å². The van der Waals surface area contributed by atoms with Gasteiger partial charge in [-0.05, 0) is 13.0 Å². The summed E-state index contributed by atoms with van der Waals surface area (Å²) in [6.45, 7) is 6.16. The maximum Gasteiger partial charge on any atom is 0.186 e. The van der Waals surface area contributed by atoms with Crippen molar-refractivity contribution in [1.82, 2.24) is 0 Å². The third kappa shape index (κ3) is 10.6. The Bertz CT molecular complexity index is 410. The number of hydrogen-bond donors (Lipinski definition) is 0. The maximum absolute atomic E-state index is 3.87. The van der Waals surface area contributed by atoms with E-state index < -0.39 is 0 Å². The molecule has 1 nitrogen and oxygen atoms in total. The zero-order chi connectivity index (χ0) is 17.3. The van der Waals surface area contributed by atoms with E-state index in [1.54, 1.807) is 0 Å². The fourth-order valence-electron chi connectivity index (χ4n) is 3.38. The van der Waals surface area contributed by atoms with Crippen molar-refractivity contribution in [3.8, 4) is 0 Å². The Morgan fingerprint density at radius 3 is 1.75 bits per heavy atom. The smallest absolute Gasteiger partial charge is 0.172 e. The quantitative estimate of drug-likeness (QED) is 0.225. The Hall–Kier alpha value is -1.11. The van der Waals surface area contributed by atoms with Crippen LogP contribution in [-0.4, -0.2) is 0 Å². The van der Waals surface area contributed by atoms with Crippen molar-refractivity contribution in [3.63, 3.8) is 0 Å². The van der Waals surface area contributed by atoms with E-state index in [-0.39, 0.29) is 0 Å². The van der Waals surface area contributed by atoms with Crippen molar-refractivity contribution in [1.29, 1.82) is 0 Å². The number of unbranched alkanes of at least 4 members (excludes halogenated alkanes) is 13. The Morgan fingerprint density at radius 2 is 1.25 bits per heavy atom. The van der Waals surface area contributed by atoms with Crippen LogP contribution in [0.4, 0.5) is 0 Å². The Morgan fingerprint density at radius 1 is 0.750 bits per heavy atom. The predicted octanol–water partition coefficient (Wildman–Crippen LogP) is 7.10. The summed E-state index contributed by atoms with van der Waals surface area (Å²) in [4.78, 5) is 0. The highest BCUT2D eigenvalue weighted by molar-refractivity contribution is 5.04. The summed E-state index contributed by atoms with van der Waals surface area (Å²) in [5.41, 5.74) is 1.38. The van der Waals surface area contributed by atoms with E-state index in [0.29, 0.717) is 0 Å². The Labute approximate surface area is 151 Å². The topological polar surface area (TPSA) is 3.88 Å². The third-order valence-electron chi connectivity index (χ3n) is 4.96. The van der Waals surface area contributed by atoms with Crippen molar-refractivity contribution >= 4 is 6.20 Å². The van der Waals surface area contributed by atoms with E-state index in [2.05, 4.69) is 42.5 Å². The van der Waals surface area contributed by atoms with Gasteiger partial charge in [-0.25, -0.2) is 0 Å². The summed E-state index contributed by atoms with van der Waals surface area (Å²) >= 11 is 0. The molecule has 0 saturated heterocycles. The van der Waals surface area contributed by atoms with Crippen LogP contribution in [0.15, 0.2) is 31.0 Å². The highest BCUT2D eigenvalue weighted by Crippen LogP contribution is 2.13. The van der Waals surface area contributed by atoms with Crippen LogP contribution in [0.2, 0.25) is 0 Å². The average Bonchev–Trinajstić information content (AvgIpc) is 2.62. The van der Waals surface area contributed by atoms with Crippen molar-refractivity contribution in [2.24, 2.45) is 0 Å². The van der Waals surface area contributed by atoms with Gasteiger partial charge in [0.05, 0.1) is 0 Å². The summed E-state index contributed by atoms with van der Waals surface area (Å²) in [7, 11) is 0. The lowest BCUT2D eigenvalue weighted by atomic mass is 10.0. The number of pyridine rings is 1. The molecule has 0 aliphatic heterocycles. The van der Waals surface area contributed by atoms with Crippen LogP contribution in [0.25, 0.3) is 6.20 Å². The highest BCUT2D eigenvalue weighted by Gasteiger charge is 2.05. The Kier molecular flexibility index (Phi) is 13.4. The van der Waals surface area contributed by atoms with Gasteiger partial charge in [0, 0.05) is 18.6 Å². The van der Waals surface area contributed by atoms with E-state index in [1.807, 2.05) is 6.20 Å². The molecule has 0 aromatic carbocycles. The van der Waals surface area contributed by atoms with Gasteiger partial charge in [0.25, 0.3) is 0 Å². The van der Waals surface area contributed by atoms with E-state index in [4.69, 9.17) is 0 Å². The molecule has 0 amide bonds. The summed E-state index contributed by atoms with van der Waals surface area (Å²) in [5, 5.41) is 0. The predicted molar refractivity (Wildman–Crippen MR) is 107 cm³/mol. The van der Waals surface area contributed by atoms with Gasteiger partial charge >= 0.3 is 0 Å². The molecule has 0 aliphatic carbocycles. The molecule has 0 N–H and O–H groups in total. The van der Waals surface area contributed by atoms with Gasteiger partial charge in [-0.2, -0.15) is 4.57 Å². The van der Waals surface area contributed by atoms with Gasteiger partial charge in [0.2, 0.25) is 0 Å². The number of nitrogens with zero attached hydrogens (tertiary/aromatic N) is 1. The first-order valence-electron chi connectivity index (χ1n) is 10.5. The zero-order valence-electron chi connectivity index (χ0n) is 16.1. The van der Waals surface area contributed by atoms with Crippen LogP contribution in [0.3, 0.4) is 0 Å². The molecule has 1 rings (SSSR count). The van der Waals surface area contributed by atoms with Crippen LogP contribution >= 0.6 is 0 Å². The fraction of sp³-hybridized carbons (Fsp3) is 0.696. The molecule has 0 aliphatic rings. The molecule has 0 spiro atoms. The summed E-state index contributed by atoms with van der Waals surface area (Å²) < 4.78 is 2.14. The van der Waals surface area contributed by atoms with E-state index in [1.165, 1.54) is 102 Å². The van der Waals surface area contributed by atoms with Crippen LogP contribution < -0.4 is 4.57 Å². The van der Waals surface area contributed by atoms with Gasteiger partial charge in [-0.3, -0.25) is 0 Å². The van der Waals surface area contributed by atoms with Gasteiger partial charge in [-0.15, -0.1) is 0 Å². The average molecular weight is 331 g/mol. The summed E-state index contributed by atoms with van der Waals surface area (Å²) in [5.74, 6) is 0. The van der Waals surface area contributed by atoms with Crippen molar-refractivity contribution < 1.29 is 4.57 Å². The lowest BCUT2D eigenvalue weighted by Crippen LogP contribution is -2.30. The third-order valence-corrected chi connectivity index (χ3v) is 4.96. The van der Waals surface area contributed by atoms with E-state index in [0.717, 1.165) is 0 Å². The zero-order valence-corrected chi connectivity index (χ0v) is 16.1. The van der Waals surface area contributed by atoms with Crippen LogP contribution in [-0.2, 0) is 6.42 Å². The molecule has 1 aromatic rings. The fourth-order valence-corrected chi connectivity index (χ4v) is 3.38. The minimum absolute atomic E-state index is 1.17. The molecule has 1 heterocycles. The summed E-state index contributed by atoms with van der Waals surface area (Å²) in [6, 6.07) is 6.40. The van der Waals surface area contributed by atoms with E-state index >= 15 is 0 Å². The molecule has 24 heavy (non-hydrogen) atoms. The number of rotatable bonds is 16. The second-order valence-electron chi connectivity index (χ2n) is 7.13. The first-order valence-corrected chi connectivity index (χ1v) is 10.5. The molecule has 1 aromatic heterocycles. The molecule has 0 bridgehead atoms. The monoisotopic (exact) mass is 330 g/mol.